The number of carbonyl (C=O) groups is 2. The molecule has 1 aromatic carbocycles. The third-order valence-electron chi connectivity index (χ3n) is 2.73. The third-order valence-corrected chi connectivity index (χ3v) is 2.73. The maximum atomic E-state index is 12.0. The van der Waals surface area contributed by atoms with Gasteiger partial charge in [-0.1, -0.05) is 13.8 Å². The van der Waals surface area contributed by atoms with Crippen LogP contribution in [0.1, 0.15) is 30.6 Å². The van der Waals surface area contributed by atoms with Crippen molar-refractivity contribution in [2.24, 2.45) is 11.7 Å². The Kier molecular flexibility index (Phi) is 5.99. The summed E-state index contributed by atoms with van der Waals surface area (Å²) in [6, 6.07) is 5.45. The highest BCUT2D eigenvalue weighted by molar-refractivity contribution is 5.95. The molecule has 0 bridgehead atoms. The zero-order chi connectivity index (χ0) is 15.1. The number of anilines is 1. The fraction of sp³-hybridized carbons (Fsp3) is 0.429. The van der Waals surface area contributed by atoms with Crippen molar-refractivity contribution in [2.45, 2.75) is 26.3 Å². The summed E-state index contributed by atoms with van der Waals surface area (Å²) in [6.07, 6.45) is 0.712. The molecule has 0 heterocycles. The smallest absolute Gasteiger partial charge is 0.316 e. The highest BCUT2D eigenvalue weighted by atomic mass is 16.3. The van der Waals surface area contributed by atoms with Crippen LogP contribution in [0.3, 0.4) is 0 Å². The van der Waals surface area contributed by atoms with Gasteiger partial charge in [-0.25, -0.2) is 4.79 Å². The Morgan fingerprint density at radius 1 is 1.25 bits per heavy atom. The summed E-state index contributed by atoms with van der Waals surface area (Å²) in [5.41, 5.74) is 5.98. The first kappa shape index (κ1) is 16.0. The van der Waals surface area contributed by atoms with E-state index >= 15 is 0 Å². The number of hydrogen-bond donors (Lipinski definition) is 4. The van der Waals surface area contributed by atoms with Gasteiger partial charge in [0, 0.05) is 11.3 Å². The summed E-state index contributed by atoms with van der Waals surface area (Å²) in [5.74, 6) is 0.130. The van der Waals surface area contributed by atoms with Gasteiger partial charge in [-0.15, -0.1) is 0 Å². The average molecular weight is 279 g/mol. The van der Waals surface area contributed by atoms with Gasteiger partial charge >= 0.3 is 6.03 Å². The van der Waals surface area contributed by atoms with Crippen LogP contribution < -0.4 is 16.4 Å². The molecule has 1 atom stereocenters. The van der Waals surface area contributed by atoms with E-state index in [0.717, 1.165) is 0 Å². The van der Waals surface area contributed by atoms with Crippen LogP contribution in [0.4, 0.5) is 10.5 Å². The zero-order valence-electron chi connectivity index (χ0n) is 11.7. The lowest BCUT2D eigenvalue weighted by Gasteiger charge is -2.18. The SMILES string of the molecule is CC(C)CC(CO)NC(=O)c1ccc(NC(N)=O)cc1. The summed E-state index contributed by atoms with van der Waals surface area (Å²) in [7, 11) is 0. The number of carbonyl (C=O) groups excluding carboxylic acids is 2. The van der Waals surface area contributed by atoms with E-state index in [1.807, 2.05) is 13.8 Å². The van der Waals surface area contributed by atoms with Crippen molar-refractivity contribution in [1.29, 1.82) is 0 Å². The number of rotatable bonds is 6. The van der Waals surface area contributed by atoms with Crippen molar-refractivity contribution in [1.82, 2.24) is 5.32 Å². The second kappa shape index (κ2) is 7.49. The van der Waals surface area contributed by atoms with Gasteiger partial charge in [0.05, 0.1) is 12.6 Å². The molecule has 20 heavy (non-hydrogen) atoms. The summed E-state index contributed by atoms with van der Waals surface area (Å²) >= 11 is 0. The minimum atomic E-state index is -0.653. The van der Waals surface area contributed by atoms with Crippen LogP contribution in [0.2, 0.25) is 0 Å². The van der Waals surface area contributed by atoms with Gasteiger partial charge in [-0.2, -0.15) is 0 Å². The Bertz CT molecular complexity index is 457. The normalized spacial score (nSPS) is 12.0. The van der Waals surface area contributed by atoms with E-state index in [9.17, 15) is 14.7 Å². The van der Waals surface area contributed by atoms with Gasteiger partial charge in [0.1, 0.15) is 0 Å². The average Bonchev–Trinajstić information content (AvgIpc) is 2.37. The van der Waals surface area contributed by atoms with E-state index in [4.69, 9.17) is 5.73 Å². The van der Waals surface area contributed by atoms with E-state index < -0.39 is 6.03 Å². The Hall–Kier alpha value is -2.08. The van der Waals surface area contributed by atoms with Crippen LogP contribution in [-0.4, -0.2) is 29.7 Å². The van der Waals surface area contributed by atoms with Crippen molar-refractivity contribution in [3.63, 3.8) is 0 Å². The number of aliphatic hydroxyl groups excluding tert-OH is 1. The zero-order valence-corrected chi connectivity index (χ0v) is 11.7. The quantitative estimate of drug-likeness (QED) is 0.631. The first-order chi connectivity index (χ1) is 9.42. The summed E-state index contributed by atoms with van der Waals surface area (Å²) in [5, 5.41) is 14.4. The van der Waals surface area contributed by atoms with Crippen molar-refractivity contribution in [2.75, 3.05) is 11.9 Å². The molecule has 0 saturated carbocycles. The number of benzene rings is 1. The van der Waals surface area contributed by atoms with E-state index in [2.05, 4.69) is 10.6 Å². The fourth-order valence-corrected chi connectivity index (χ4v) is 1.86. The molecule has 0 saturated heterocycles. The topological polar surface area (TPSA) is 104 Å². The Morgan fingerprint density at radius 3 is 2.30 bits per heavy atom. The molecular weight excluding hydrogens is 258 g/mol. The largest absolute Gasteiger partial charge is 0.394 e. The Labute approximate surface area is 118 Å². The number of amides is 3. The van der Waals surface area contributed by atoms with Gasteiger partial charge in [0.25, 0.3) is 5.91 Å². The van der Waals surface area contributed by atoms with E-state index in [1.54, 1.807) is 24.3 Å². The summed E-state index contributed by atoms with van der Waals surface area (Å²) in [6.45, 7) is 3.96. The fourth-order valence-electron chi connectivity index (χ4n) is 1.86. The minimum absolute atomic E-state index is 0.0920. The molecule has 0 spiro atoms. The molecule has 0 aliphatic rings. The van der Waals surface area contributed by atoms with Gasteiger partial charge in [-0.3, -0.25) is 4.79 Å². The van der Waals surface area contributed by atoms with Crippen molar-refractivity contribution in [3.8, 4) is 0 Å². The van der Waals surface area contributed by atoms with Crippen molar-refractivity contribution < 1.29 is 14.7 Å². The molecule has 1 rings (SSSR count). The molecule has 6 heteroatoms. The lowest BCUT2D eigenvalue weighted by atomic mass is 10.0. The third kappa shape index (κ3) is 5.27. The second-order valence-electron chi connectivity index (χ2n) is 5.05. The Balaban J connectivity index is 2.65. The number of nitrogens with one attached hydrogen (secondary N) is 2. The molecule has 0 aromatic heterocycles. The molecule has 0 aliphatic heterocycles. The van der Waals surface area contributed by atoms with Crippen molar-refractivity contribution >= 4 is 17.6 Å². The van der Waals surface area contributed by atoms with Crippen LogP contribution in [0, 0.1) is 5.92 Å². The molecule has 1 unspecified atom stereocenters. The lowest BCUT2D eigenvalue weighted by molar-refractivity contribution is 0.0908. The second-order valence-corrected chi connectivity index (χ2v) is 5.05. The molecule has 110 valence electrons. The first-order valence-electron chi connectivity index (χ1n) is 6.50. The predicted molar refractivity (Wildman–Crippen MR) is 77.4 cm³/mol. The summed E-state index contributed by atoms with van der Waals surface area (Å²) in [4.78, 5) is 22.7. The molecule has 3 amide bonds. The number of hydrogen-bond acceptors (Lipinski definition) is 3. The number of urea groups is 1. The predicted octanol–water partition coefficient (Wildman–Crippen LogP) is 1.31. The monoisotopic (exact) mass is 279 g/mol. The van der Waals surface area contributed by atoms with Gasteiger partial charge in [0.2, 0.25) is 0 Å². The van der Waals surface area contributed by atoms with Crippen LogP contribution in [-0.2, 0) is 0 Å². The van der Waals surface area contributed by atoms with Crippen LogP contribution in [0.15, 0.2) is 24.3 Å². The highest BCUT2D eigenvalue weighted by Gasteiger charge is 2.14. The van der Waals surface area contributed by atoms with Crippen molar-refractivity contribution in [3.05, 3.63) is 29.8 Å². The molecule has 0 radical (unpaired) electrons. The maximum Gasteiger partial charge on any atom is 0.316 e. The van der Waals surface area contributed by atoms with Crippen LogP contribution >= 0.6 is 0 Å². The van der Waals surface area contributed by atoms with E-state index in [0.29, 0.717) is 23.6 Å². The molecule has 5 N–H and O–H groups in total. The van der Waals surface area contributed by atoms with Gasteiger partial charge < -0.3 is 21.5 Å². The molecule has 6 nitrogen and oxygen atoms in total. The number of primary amides is 1. The standard InChI is InChI=1S/C14H21N3O3/c1-9(2)7-12(8-18)16-13(19)10-3-5-11(6-4-10)17-14(15)20/h3-6,9,12,18H,7-8H2,1-2H3,(H,16,19)(H3,15,17,20). The van der Waals surface area contributed by atoms with E-state index in [-0.39, 0.29) is 18.6 Å². The molecular formula is C14H21N3O3. The lowest BCUT2D eigenvalue weighted by Crippen LogP contribution is -2.38. The number of aliphatic hydroxyl groups is 1. The molecule has 0 aliphatic carbocycles. The first-order valence-corrected chi connectivity index (χ1v) is 6.50. The number of nitrogens with two attached hydrogens (primary N) is 1. The van der Waals surface area contributed by atoms with Crippen LogP contribution in [0.25, 0.3) is 0 Å². The van der Waals surface area contributed by atoms with Gasteiger partial charge in [-0.05, 0) is 36.6 Å². The summed E-state index contributed by atoms with van der Waals surface area (Å²) < 4.78 is 0. The molecule has 0 fully saturated rings. The van der Waals surface area contributed by atoms with Gasteiger partial charge in [0.15, 0.2) is 0 Å². The van der Waals surface area contributed by atoms with Crippen LogP contribution in [0.5, 0.6) is 0 Å². The molecule has 1 aromatic rings. The minimum Gasteiger partial charge on any atom is -0.394 e. The maximum absolute atomic E-state index is 12.0. The Morgan fingerprint density at radius 2 is 1.85 bits per heavy atom. The highest BCUT2D eigenvalue weighted by Crippen LogP contribution is 2.10. The van der Waals surface area contributed by atoms with E-state index in [1.165, 1.54) is 0 Å².